The lowest BCUT2D eigenvalue weighted by Crippen LogP contribution is -2.17. The molecule has 4 heteroatoms. The molecule has 0 amide bonds. The first-order valence-corrected chi connectivity index (χ1v) is 32.3. The molecule has 0 aliphatic rings. The number of hydrogen-bond acceptors (Lipinski definition) is 4. The molecular formula is C84H84N2O2. The molecule has 11 aromatic rings. The summed E-state index contributed by atoms with van der Waals surface area (Å²) in [5.74, 6) is 1.59. The first-order valence-electron chi connectivity index (χ1n) is 32.3. The molecule has 0 aromatic heterocycles. The van der Waals surface area contributed by atoms with Crippen molar-refractivity contribution in [2.24, 2.45) is 0 Å². The van der Waals surface area contributed by atoms with Gasteiger partial charge in [-0.2, -0.15) is 0 Å². The number of aryl methyl sites for hydroxylation is 2. The van der Waals surface area contributed by atoms with Gasteiger partial charge in [0.15, 0.2) is 11.5 Å². The van der Waals surface area contributed by atoms with Gasteiger partial charge in [0, 0.05) is 22.7 Å². The third-order valence-corrected chi connectivity index (χ3v) is 17.1. The summed E-state index contributed by atoms with van der Waals surface area (Å²) in [6.07, 6.45) is 14.3. The second kappa shape index (κ2) is 30.3. The molecule has 0 heterocycles. The van der Waals surface area contributed by atoms with Gasteiger partial charge in [0.1, 0.15) is 0 Å². The maximum Gasteiger partial charge on any atom is 0.161 e. The maximum absolute atomic E-state index is 6.93. The van der Waals surface area contributed by atoms with Crippen LogP contribution < -0.4 is 19.3 Å². The van der Waals surface area contributed by atoms with Crippen molar-refractivity contribution in [3.05, 3.63) is 278 Å². The Morgan fingerprint density at radius 2 is 0.545 bits per heavy atom. The SMILES string of the molecule is CCCCCCCCOc1ccc(-c2cc(N(c3ccc(-c4ccccc4)cc3)c3ccc(-c4ccccc4)cc3)c(N(c3ccc(-c4ccccc4)cc3)c3ccc(-c4ccccc4)cc3)cc2-c2ccc(C)c(C)c2)cc1OCCCCCCCC. The van der Waals surface area contributed by atoms with Crippen LogP contribution in [0, 0.1) is 13.8 Å². The highest BCUT2D eigenvalue weighted by molar-refractivity contribution is 5.99. The average molecular weight is 1150 g/mol. The molecular weight excluding hydrogens is 1070 g/mol. The van der Waals surface area contributed by atoms with Gasteiger partial charge in [-0.05, 0) is 177 Å². The third-order valence-electron chi connectivity index (χ3n) is 17.1. The van der Waals surface area contributed by atoms with E-state index in [0.29, 0.717) is 13.2 Å². The van der Waals surface area contributed by atoms with E-state index in [0.717, 1.165) is 116 Å². The Morgan fingerprint density at radius 1 is 0.250 bits per heavy atom. The molecule has 11 aromatic carbocycles. The molecule has 0 radical (unpaired) electrons. The van der Waals surface area contributed by atoms with Crippen LogP contribution in [0.25, 0.3) is 66.8 Å². The van der Waals surface area contributed by atoms with Crippen molar-refractivity contribution >= 4 is 34.1 Å². The van der Waals surface area contributed by atoms with Gasteiger partial charge in [-0.25, -0.2) is 0 Å². The smallest absolute Gasteiger partial charge is 0.161 e. The molecule has 0 saturated heterocycles. The van der Waals surface area contributed by atoms with Gasteiger partial charge in [0.05, 0.1) is 24.6 Å². The van der Waals surface area contributed by atoms with Crippen LogP contribution in [0.3, 0.4) is 0 Å². The van der Waals surface area contributed by atoms with E-state index in [-0.39, 0.29) is 0 Å². The van der Waals surface area contributed by atoms with E-state index in [4.69, 9.17) is 9.47 Å². The fraction of sp³-hybridized carbons (Fsp3) is 0.214. The summed E-state index contributed by atoms with van der Waals surface area (Å²) in [4.78, 5) is 4.93. The van der Waals surface area contributed by atoms with Crippen LogP contribution >= 0.6 is 0 Å². The quantitative estimate of drug-likeness (QED) is 0.0456. The number of hydrogen-bond donors (Lipinski definition) is 0. The Hall–Kier alpha value is -9.38. The monoisotopic (exact) mass is 1150 g/mol. The summed E-state index contributed by atoms with van der Waals surface area (Å²) >= 11 is 0. The number of ether oxygens (including phenoxy) is 2. The third kappa shape index (κ3) is 15.1. The van der Waals surface area contributed by atoms with Crippen LogP contribution in [0.4, 0.5) is 34.1 Å². The molecule has 442 valence electrons. The summed E-state index contributed by atoms with van der Waals surface area (Å²) in [5, 5.41) is 0. The van der Waals surface area contributed by atoms with Gasteiger partial charge < -0.3 is 19.3 Å². The molecule has 88 heavy (non-hydrogen) atoms. The van der Waals surface area contributed by atoms with Gasteiger partial charge in [-0.1, -0.05) is 272 Å². The van der Waals surface area contributed by atoms with E-state index in [1.54, 1.807) is 0 Å². The predicted molar refractivity (Wildman–Crippen MR) is 376 cm³/mol. The number of anilines is 6. The first-order chi connectivity index (χ1) is 43.4. The molecule has 4 nitrogen and oxygen atoms in total. The fourth-order valence-corrected chi connectivity index (χ4v) is 11.9. The van der Waals surface area contributed by atoms with Gasteiger partial charge in [0.25, 0.3) is 0 Å². The van der Waals surface area contributed by atoms with Crippen molar-refractivity contribution in [3.8, 4) is 78.3 Å². The number of nitrogens with zero attached hydrogens (tertiary/aromatic N) is 2. The number of benzene rings is 11. The standard InChI is InChI=1S/C84H84N2O2/c1-5-7-9-11-13-27-57-87-83-56-47-74(60-84(83)88-58-28-14-12-10-8-6-2)80-62-82(86(77-52-43-71(44-53-77)67-33-23-17-24-34-67)78-54-45-72(46-55-78)68-35-25-18-26-36-68)81(61-79(80)73-38-37-63(3)64(4)59-73)85(75-48-39-69(40-49-75)65-29-19-15-20-30-65)76-50-41-70(42-51-76)66-31-21-16-22-32-66/h15-26,29-56,59-62H,5-14,27-28,57-58H2,1-4H3. The van der Waals surface area contributed by atoms with Gasteiger partial charge in [-0.3, -0.25) is 0 Å². The largest absolute Gasteiger partial charge is 0.490 e. The molecule has 0 bridgehead atoms. The van der Waals surface area contributed by atoms with Crippen molar-refractivity contribution in [1.29, 1.82) is 0 Å². The van der Waals surface area contributed by atoms with Gasteiger partial charge >= 0.3 is 0 Å². The average Bonchev–Trinajstić information content (AvgIpc) is 2.41. The highest BCUT2D eigenvalue weighted by atomic mass is 16.5. The van der Waals surface area contributed by atoms with E-state index in [9.17, 15) is 0 Å². The lowest BCUT2D eigenvalue weighted by molar-refractivity contribution is 0.258. The Kier molecular flexibility index (Phi) is 20.8. The van der Waals surface area contributed by atoms with Crippen LogP contribution in [0.2, 0.25) is 0 Å². The minimum Gasteiger partial charge on any atom is -0.490 e. The van der Waals surface area contributed by atoms with E-state index in [1.807, 2.05) is 0 Å². The number of unbranched alkanes of at least 4 members (excludes halogenated alkanes) is 10. The molecule has 0 spiro atoms. The van der Waals surface area contributed by atoms with Crippen LogP contribution in [-0.4, -0.2) is 13.2 Å². The second-order valence-corrected chi connectivity index (χ2v) is 23.4. The van der Waals surface area contributed by atoms with Crippen LogP contribution in [0.15, 0.2) is 267 Å². The molecule has 0 aliphatic carbocycles. The summed E-state index contributed by atoms with van der Waals surface area (Å²) in [6.45, 7) is 10.3. The van der Waals surface area contributed by atoms with Crippen molar-refractivity contribution in [1.82, 2.24) is 0 Å². The van der Waals surface area contributed by atoms with E-state index in [1.165, 1.54) is 84.7 Å². The molecule has 11 rings (SSSR count). The molecule has 0 N–H and O–H groups in total. The topological polar surface area (TPSA) is 24.9 Å². The lowest BCUT2D eigenvalue weighted by atomic mass is 9.90. The zero-order chi connectivity index (χ0) is 60.3. The van der Waals surface area contributed by atoms with Gasteiger partial charge in [0.2, 0.25) is 0 Å². The highest BCUT2D eigenvalue weighted by Crippen LogP contribution is 2.52. The van der Waals surface area contributed by atoms with Crippen molar-refractivity contribution in [2.75, 3.05) is 23.0 Å². The number of rotatable bonds is 28. The minimum absolute atomic E-state index is 0.629. The fourth-order valence-electron chi connectivity index (χ4n) is 11.9. The summed E-state index contributed by atoms with van der Waals surface area (Å²) in [5.41, 5.74) is 22.3. The molecule has 0 fully saturated rings. The summed E-state index contributed by atoms with van der Waals surface area (Å²) < 4.78 is 13.7. The zero-order valence-electron chi connectivity index (χ0n) is 52.0. The van der Waals surface area contributed by atoms with Crippen LogP contribution in [0.1, 0.15) is 102 Å². The Labute approximate surface area is 524 Å². The molecule has 0 atom stereocenters. The molecule has 0 unspecified atom stereocenters. The Bertz CT molecular complexity index is 3750. The summed E-state index contributed by atoms with van der Waals surface area (Å²) in [7, 11) is 0. The summed E-state index contributed by atoms with van der Waals surface area (Å²) in [6, 6.07) is 97.6. The van der Waals surface area contributed by atoms with Crippen molar-refractivity contribution in [3.63, 3.8) is 0 Å². The maximum atomic E-state index is 6.93. The second-order valence-electron chi connectivity index (χ2n) is 23.4. The van der Waals surface area contributed by atoms with E-state index in [2.05, 4.69) is 304 Å². The first kappa shape index (κ1) is 60.3. The van der Waals surface area contributed by atoms with Crippen LogP contribution in [0.5, 0.6) is 11.5 Å². The zero-order valence-corrected chi connectivity index (χ0v) is 52.0. The van der Waals surface area contributed by atoms with Gasteiger partial charge in [-0.15, -0.1) is 0 Å². The van der Waals surface area contributed by atoms with E-state index < -0.39 is 0 Å². The van der Waals surface area contributed by atoms with Crippen molar-refractivity contribution < 1.29 is 9.47 Å². The van der Waals surface area contributed by atoms with E-state index >= 15 is 0 Å². The Balaban J connectivity index is 1.16. The predicted octanol–water partition coefficient (Wildman–Crippen LogP) is 24.7. The normalized spacial score (nSPS) is 11.1. The minimum atomic E-state index is 0.629. The lowest BCUT2D eigenvalue weighted by Gasteiger charge is -2.35. The van der Waals surface area contributed by atoms with Crippen molar-refractivity contribution in [2.45, 2.75) is 105 Å². The van der Waals surface area contributed by atoms with Crippen LogP contribution in [-0.2, 0) is 0 Å². The molecule has 0 saturated carbocycles. The highest BCUT2D eigenvalue weighted by Gasteiger charge is 2.27. The molecule has 0 aliphatic heterocycles. The Morgan fingerprint density at radius 3 is 0.898 bits per heavy atom.